The maximum absolute atomic E-state index is 11.7. The average molecular weight is 230 g/mol. The molecule has 6 heteroatoms. The molecular weight excluding hydrogens is 212 g/mol. The Morgan fingerprint density at radius 1 is 1.56 bits per heavy atom. The number of hydrogen-bond acceptors (Lipinski definition) is 4. The van der Waals surface area contributed by atoms with Crippen molar-refractivity contribution >= 4 is 12.0 Å². The SMILES string of the molecule is CCCNC(=O)N1CC(O)CC1C(=O)OC. The molecule has 92 valence electrons. The van der Waals surface area contributed by atoms with E-state index >= 15 is 0 Å². The van der Waals surface area contributed by atoms with Gasteiger partial charge in [0.15, 0.2) is 0 Å². The highest BCUT2D eigenvalue weighted by Gasteiger charge is 2.39. The molecule has 1 heterocycles. The molecule has 2 atom stereocenters. The lowest BCUT2D eigenvalue weighted by atomic mass is 10.2. The fraction of sp³-hybridized carbons (Fsp3) is 0.800. The zero-order chi connectivity index (χ0) is 12.1. The number of nitrogens with zero attached hydrogens (tertiary/aromatic N) is 1. The van der Waals surface area contributed by atoms with Crippen LogP contribution in [-0.2, 0) is 9.53 Å². The second-order valence-corrected chi connectivity index (χ2v) is 3.81. The third-order valence-electron chi connectivity index (χ3n) is 2.54. The zero-order valence-corrected chi connectivity index (χ0v) is 9.60. The van der Waals surface area contributed by atoms with Crippen molar-refractivity contribution in [1.82, 2.24) is 10.2 Å². The van der Waals surface area contributed by atoms with Gasteiger partial charge in [0.2, 0.25) is 0 Å². The van der Waals surface area contributed by atoms with Gasteiger partial charge in [-0.15, -0.1) is 0 Å². The van der Waals surface area contributed by atoms with Gasteiger partial charge in [-0.2, -0.15) is 0 Å². The van der Waals surface area contributed by atoms with E-state index in [1.807, 2.05) is 6.92 Å². The zero-order valence-electron chi connectivity index (χ0n) is 9.60. The molecule has 0 aromatic heterocycles. The maximum atomic E-state index is 11.7. The van der Waals surface area contributed by atoms with Gasteiger partial charge in [-0.1, -0.05) is 6.92 Å². The topological polar surface area (TPSA) is 78.9 Å². The van der Waals surface area contributed by atoms with Crippen LogP contribution in [0.25, 0.3) is 0 Å². The predicted molar refractivity (Wildman–Crippen MR) is 56.8 cm³/mol. The van der Waals surface area contributed by atoms with Gasteiger partial charge in [-0.3, -0.25) is 0 Å². The minimum atomic E-state index is -0.670. The van der Waals surface area contributed by atoms with Crippen LogP contribution in [0.5, 0.6) is 0 Å². The molecule has 0 saturated carbocycles. The number of hydrogen-bond donors (Lipinski definition) is 2. The summed E-state index contributed by atoms with van der Waals surface area (Å²) in [6.45, 7) is 2.67. The fourth-order valence-electron chi connectivity index (χ4n) is 1.73. The summed E-state index contributed by atoms with van der Waals surface area (Å²) in [7, 11) is 1.27. The van der Waals surface area contributed by atoms with Gasteiger partial charge in [0.1, 0.15) is 6.04 Å². The Kier molecular flexibility index (Phi) is 4.54. The summed E-state index contributed by atoms with van der Waals surface area (Å²) in [6, 6.07) is -0.995. The molecule has 2 unspecified atom stereocenters. The number of β-amino-alcohol motifs (C(OH)–C–C–N with tert-alkyl or cyclic N) is 1. The van der Waals surface area contributed by atoms with Crippen molar-refractivity contribution in [2.45, 2.75) is 31.9 Å². The number of likely N-dealkylation sites (tertiary alicyclic amines) is 1. The lowest BCUT2D eigenvalue weighted by Crippen LogP contribution is -2.46. The second kappa shape index (κ2) is 5.69. The van der Waals surface area contributed by atoms with Gasteiger partial charge >= 0.3 is 12.0 Å². The maximum Gasteiger partial charge on any atom is 0.328 e. The normalized spacial score (nSPS) is 24.3. The first-order chi connectivity index (χ1) is 7.60. The van der Waals surface area contributed by atoms with Crippen molar-refractivity contribution < 1.29 is 19.4 Å². The number of methoxy groups -OCH3 is 1. The van der Waals surface area contributed by atoms with Crippen molar-refractivity contribution in [3.63, 3.8) is 0 Å². The largest absolute Gasteiger partial charge is 0.467 e. The summed E-state index contributed by atoms with van der Waals surface area (Å²) in [6.07, 6.45) is 0.411. The average Bonchev–Trinajstić information content (AvgIpc) is 2.67. The van der Waals surface area contributed by atoms with E-state index in [0.29, 0.717) is 6.54 Å². The van der Waals surface area contributed by atoms with Crippen molar-refractivity contribution in [2.75, 3.05) is 20.2 Å². The summed E-state index contributed by atoms with van der Waals surface area (Å²) in [5.74, 6) is -0.483. The van der Waals surface area contributed by atoms with Gasteiger partial charge < -0.3 is 20.1 Å². The minimum absolute atomic E-state index is 0.176. The summed E-state index contributed by atoms with van der Waals surface area (Å²) >= 11 is 0. The molecule has 2 amide bonds. The van der Waals surface area contributed by atoms with Gasteiger partial charge in [0.05, 0.1) is 13.2 Å². The fourth-order valence-corrected chi connectivity index (χ4v) is 1.73. The van der Waals surface area contributed by atoms with Gasteiger partial charge in [0.25, 0.3) is 0 Å². The van der Waals surface area contributed by atoms with Crippen LogP contribution in [0.2, 0.25) is 0 Å². The molecule has 1 fully saturated rings. The third kappa shape index (κ3) is 2.85. The molecule has 2 N–H and O–H groups in total. The summed E-state index contributed by atoms with van der Waals surface area (Å²) in [5.41, 5.74) is 0. The van der Waals surface area contributed by atoms with Crippen LogP contribution in [0.3, 0.4) is 0 Å². The van der Waals surface area contributed by atoms with Crippen LogP contribution in [0.1, 0.15) is 19.8 Å². The Labute approximate surface area is 94.6 Å². The minimum Gasteiger partial charge on any atom is -0.467 e. The first-order valence-corrected chi connectivity index (χ1v) is 5.40. The van der Waals surface area contributed by atoms with E-state index in [1.165, 1.54) is 12.0 Å². The van der Waals surface area contributed by atoms with Crippen molar-refractivity contribution in [1.29, 1.82) is 0 Å². The van der Waals surface area contributed by atoms with E-state index in [-0.39, 0.29) is 19.0 Å². The number of aliphatic hydroxyl groups excluding tert-OH is 1. The third-order valence-corrected chi connectivity index (χ3v) is 2.54. The highest BCUT2D eigenvalue weighted by Crippen LogP contribution is 2.18. The first kappa shape index (κ1) is 12.8. The van der Waals surface area contributed by atoms with Crippen LogP contribution in [0, 0.1) is 0 Å². The molecule has 0 aromatic carbocycles. The first-order valence-electron chi connectivity index (χ1n) is 5.40. The molecule has 0 spiro atoms. The summed E-state index contributed by atoms with van der Waals surface area (Å²) in [4.78, 5) is 24.4. The van der Waals surface area contributed by atoms with Gasteiger partial charge in [-0.05, 0) is 6.42 Å². The summed E-state index contributed by atoms with van der Waals surface area (Å²) < 4.78 is 4.60. The van der Waals surface area contributed by atoms with Gasteiger partial charge in [-0.25, -0.2) is 9.59 Å². The van der Waals surface area contributed by atoms with E-state index in [0.717, 1.165) is 6.42 Å². The molecule has 1 saturated heterocycles. The number of aliphatic hydroxyl groups is 1. The molecule has 0 aromatic rings. The standard InChI is InChI=1S/C10H18N2O4/c1-3-4-11-10(15)12-6-7(13)5-8(12)9(14)16-2/h7-8,13H,3-6H2,1-2H3,(H,11,15). The van der Waals surface area contributed by atoms with E-state index in [9.17, 15) is 14.7 Å². The van der Waals surface area contributed by atoms with Gasteiger partial charge in [0, 0.05) is 19.5 Å². The molecule has 0 aliphatic carbocycles. The quantitative estimate of drug-likeness (QED) is 0.653. The molecule has 0 radical (unpaired) electrons. The van der Waals surface area contributed by atoms with E-state index in [2.05, 4.69) is 10.1 Å². The van der Waals surface area contributed by atoms with Crippen molar-refractivity contribution in [3.8, 4) is 0 Å². The number of carbonyl (C=O) groups is 2. The molecule has 1 aliphatic rings. The van der Waals surface area contributed by atoms with Crippen LogP contribution in [0.15, 0.2) is 0 Å². The molecule has 6 nitrogen and oxygen atoms in total. The molecular formula is C10H18N2O4. The van der Waals surface area contributed by atoms with Crippen LogP contribution < -0.4 is 5.32 Å². The number of ether oxygens (including phenoxy) is 1. The number of rotatable bonds is 3. The second-order valence-electron chi connectivity index (χ2n) is 3.81. The van der Waals surface area contributed by atoms with Crippen molar-refractivity contribution in [3.05, 3.63) is 0 Å². The Morgan fingerprint density at radius 3 is 2.81 bits per heavy atom. The predicted octanol–water partition coefficient (Wildman–Crippen LogP) is -0.286. The number of urea groups is 1. The Morgan fingerprint density at radius 2 is 2.25 bits per heavy atom. The molecule has 1 aliphatic heterocycles. The number of nitrogens with one attached hydrogen (secondary N) is 1. The monoisotopic (exact) mass is 230 g/mol. The van der Waals surface area contributed by atoms with Crippen LogP contribution in [0.4, 0.5) is 4.79 Å². The lowest BCUT2D eigenvalue weighted by Gasteiger charge is -2.22. The highest BCUT2D eigenvalue weighted by atomic mass is 16.5. The Bertz CT molecular complexity index is 270. The summed E-state index contributed by atoms with van der Waals surface area (Å²) in [5, 5.41) is 12.1. The number of amides is 2. The molecule has 16 heavy (non-hydrogen) atoms. The van der Waals surface area contributed by atoms with Crippen LogP contribution >= 0.6 is 0 Å². The smallest absolute Gasteiger partial charge is 0.328 e. The highest BCUT2D eigenvalue weighted by molar-refractivity contribution is 5.84. The molecule has 0 bridgehead atoms. The van der Waals surface area contributed by atoms with E-state index < -0.39 is 18.1 Å². The number of esters is 1. The Balaban J connectivity index is 2.61. The van der Waals surface area contributed by atoms with Crippen molar-refractivity contribution in [2.24, 2.45) is 0 Å². The van der Waals surface area contributed by atoms with E-state index in [1.54, 1.807) is 0 Å². The van der Waals surface area contributed by atoms with E-state index in [4.69, 9.17) is 0 Å². The molecule has 1 rings (SSSR count). The lowest BCUT2D eigenvalue weighted by molar-refractivity contribution is -0.145. The number of carbonyl (C=O) groups excluding carboxylic acids is 2. The van der Waals surface area contributed by atoms with Crippen LogP contribution in [-0.4, -0.2) is 54.4 Å². The Hall–Kier alpha value is -1.30.